The predicted octanol–water partition coefficient (Wildman–Crippen LogP) is 5.29. The number of amides is 1. The largest absolute Gasteiger partial charge is 0.386 e. The van der Waals surface area contributed by atoms with Gasteiger partial charge in [-0.3, -0.25) is 14.2 Å². The molecule has 2 N–H and O–H groups in total. The number of nitrogens with one attached hydrogen (secondary N) is 1. The molecule has 0 atom stereocenters. The van der Waals surface area contributed by atoms with E-state index >= 15 is 0 Å². The molecule has 0 unspecified atom stereocenters. The third-order valence-corrected chi connectivity index (χ3v) is 6.90. The molecule has 1 aliphatic carbocycles. The number of aromatic nitrogens is 4. The molecule has 8 heteroatoms. The first kappa shape index (κ1) is 22.8. The average Bonchev–Trinajstić information content (AvgIpc) is 3.28. The zero-order chi connectivity index (χ0) is 23.2. The maximum atomic E-state index is 12.8. The fraction of sp³-hybridized carbons (Fsp3) is 0.542. The van der Waals surface area contributed by atoms with Crippen LogP contribution in [0.15, 0.2) is 24.5 Å². The van der Waals surface area contributed by atoms with E-state index in [1.807, 2.05) is 18.3 Å². The van der Waals surface area contributed by atoms with Crippen LogP contribution in [-0.2, 0) is 12.6 Å². The molecule has 32 heavy (non-hydrogen) atoms. The normalized spacial score (nSPS) is 19.6. The summed E-state index contributed by atoms with van der Waals surface area (Å²) in [5, 5.41) is 23.8. The van der Waals surface area contributed by atoms with E-state index in [4.69, 9.17) is 16.7 Å². The minimum Gasteiger partial charge on any atom is -0.386 e. The first-order chi connectivity index (χ1) is 15.0. The van der Waals surface area contributed by atoms with E-state index in [-0.39, 0.29) is 10.7 Å². The van der Waals surface area contributed by atoms with Crippen LogP contribution in [0.5, 0.6) is 0 Å². The molecule has 1 saturated carbocycles. The van der Waals surface area contributed by atoms with Crippen molar-refractivity contribution in [2.24, 2.45) is 18.9 Å². The van der Waals surface area contributed by atoms with Crippen molar-refractivity contribution >= 4 is 34.1 Å². The van der Waals surface area contributed by atoms with E-state index in [0.717, 1.165) is 35.6 Å². The third-order valence-electron chi connectivity index (χ3n) is 6.63. The maximum absolute atomic E-state index is 12.8. The van der Waals surface area contributed by atoms with Gasteiger partial charge in [0.25, 0.3) is 5.91 Å². The van der Waals surface area contributed by atoms with Crippen LogP contribution in [-0.4, -0.2) is 30.6 Å². The van der Waals surface area contributed by atoms with Crippen molar-refractivity contribution in [1.29, 1.82) is 0 Å². The number of fused-ring (bicyclic) bond motifs is 1. The van der Waals surface area contributed by atoms with Crippen molar-refractivity contribution in [3.05, 3.63) is 40.8 Å². The number of carbonyl (C=O) groups is 1. The molecule has 0 spiro atoms. The summed E-state index contributed by atoms with van der Waals surface area (Å²) in [4.78, 5) is 12.8. The lowest BCUT2D eigenvalue weighted by Gasteiger charge is -2.30. The van der Waals surface area contributed by atoms with Gasteiger partial charge >= 0.3 is 0 Å². The molecule has 0 saturated heterocycles. The van der Waals surface area contributed by atoms with Gasteiger partial charge in [-0.2, -0.15) is 10.2 Å². The van der Waals surface area contributed by atoms with Crippen molar-refractivity contribution in [2.45, 2.75) is 65.0 Å². The van der Waals surface area contributed by atoms with E-state index in [1.54, 1.807) is 27.1 Å². The Balaban J connectivity index is 1.65. The summed E-state index contributed by atoms with van der Waals surface area (Å²) < 4.78 is 3.56. The van der Waals surface area contributed by atoms with E-state index in [0.29, 0.717) is 17.3 Å². The molecule has 1 aliphatic rings. The molecule has 0 aliphatic heterocycles. The molecule has 4 rings (SSSR count). The van der Waals surface area contributed by atoms with Gasteiger partial charge in [-0.05, 0) is 63.5 Å². The lowest BCUT2D eigenvalue weighted by molar-refractivity contribution is 0.0793. The van der Waals surface area contributed by atoms with Gasteiger partial charge in [0.15, 0.2) is 5.69 Å². The monoisotopic (exact) mass is 457 g/mol. The number of nitrogens with zero attached hydrogens (tertiary/aromatic N) is 4. The van der Waals surface area contributed by atoms with E-state index in [1.165, 1.54) is 17.5 Å². The minimum absolute atomic E-state index is 0.147. The summed E-state index contributed by atoms with van der Waals surface area (Å²) in [5.41, 5.74) is 0.915. The molecule has 2 heterocycles. The molecule has 1 amide bonds. The predicted molar refractivity (Wildman–Crippen MR) is 127 cm³/mol. The first-order valence-corrected chi connectivity index (χ1v) is 11.7. The van der Waals surface area contributed by atoms with Gasteiger partial charge in [0.1, 0.15) is 0 Å². The molecule has 0 bridgehead atoms. The highest BCUT2D eigenvalue weighted by molar-refractivity contribution is 6.34. The second-order valence-corrected chi connectivity index (χ2v) is 10.3. The van der Waals surface area contributed by atoms with Gasteiger partial charge in [-0.15, -0.1) is 0 Å². The summed E-state index contributed by atoms with van der Waals surface area (Å²) >= 11 is 6.14. The molecular formula is C24H32ClN5O2. The average molecular weight is 458 g/mol. The quantitative estimate of drug-likeness (QED) is 0.545. The number of aryl methyl sites for hydroxylation is 1. The Morgan fingerprint density at radius 2 is 1.88 bits per heavy atom. The van der Waals surface area contributed by atoms with Crippen LogP contribution in [0.4, 0.5) is 5.69 Å². The Hall–Kier alpha value is -2.38. The zero-order valence-corrected chi connectivity index (χ0v) is 20.1. The second-order valence-electron chi connectivity index (χ2n) is 9.89. The van der Waals surface area contributed by atoms with Crippen LogP contribution >= 0.6 is 11.6 Å². The number of hydrogen-bond donors (Lipinski definition) is 2. The fourth-order valence-electron chi connectivity index (χ4n) is 4.72. The molecule has 1 aromatic carbocycles. The van der Waals surface area contributed by atoms with Gasteiger partial charge in [0.2, 0.25) is 0 Å². The minimum atomic E-state index is -1.16. The summed E-state index contributed by atoms with van der Waals surface area (Å²) in [6, 6.07) is 4.12. The van der Waals surface area contributed by atoms with Crippen molar-refractivity contribution in [2.75, 3.05) is 5.32 Å². The number of halogens is 1. The number of benzene rings is 1. The van der Waals surface area contributed by atoms with E-state index in [9.17, 15) is 9.90 Å². The number of hydrogen-bond acceptors (Lipinski definition) is 4. The Kier molecular flexibility index (Phi) is 6.07. The van der Waals surface area contributed by atoms with Crippen LogP contribution in [0.3, 0.4) is 0 Å². The second kappa shape index (κ2) is 8.52. The SMILES string of the molecule is CC(C)[C@H]1CC[C@H](n2cc3cc(NC(=O)c4nn(C)cc4Cl)c(C(C)(C)O)cc3n2)CC1. The lowest BCUT2D eigenvalue weighted by atomic mass is 9.80. The van der Waals surface area contributed by atoms with Crippen molar-refractivity contribution in [3.8, 4) is 0 Å². The molecular weight excluding hydrogens is 426 g/mol. The molecule has 172 valence electrons. The van der Waals surface area contributed by atoms with Crippen LogP contribution < -0.4 is 5.32 Å². The number of aliphatic hydroxyl groups is 1. The maximum Gasteiger partial charge on any atom is 0.277 e. The van der Waals surface area contributed by atoms with Gasteiger partial charge < -0.3 is 10.4 Å². The number of rotatable bonds is 5. The topological polar surface area (TPSA) is 85.0 Å². The van der Waals surface area contributed by atoms with Gasteiger partial charge in [0.05, 0.1) is 22.2 Å². The smallest absolute Gasteiger partial charge is 0.277 e. The summed E-state index contributed by atoms with van der Waals surface area (Å²) in [5.74, 6) is 1.10. The Morgan fingerprint density at radius 1 is 1.19 bits per heavy atom. The van der Waals surface area contributed by atoms with E-state index in [2.05, 4.69) is 28.9 Å². The fourth-order valence-corrected chi connectivity index (χ4v) is 4.98. The van der Waals surface area contributed by atoms with Crippen LogP contribution in [0.1, 0.15) is 75.5 Å². The van der Waals surface area contributed by atoms with Gasteiger partial charge in [-0.1, -0.05) is 25.4 Å². The summed E-state index contributed by atoms with van der Waals surface area (Å²) in [6.45, 7) is 8.00. The number of anilines is 1. The Bertz CT molecular complexity index is 1130. The molecule has 2 aromatic heterocycles. The third kappa shape index (κ3) is 4.55. The molecule has 7 nitrogen and oxygen atoms in total. The highest BCUT2D eigenvalue weighted by atomic mass is 35.5. The van der Waals surface area contributed by atoms with Crippen molar-refractivity contribution in [1.82, 2.24) is 19.6 Å². The van der Waals surface area contributed by atoms with Crippen LogP contribution in [0.25, 0.3) is 10.9 Å². The summed E-state index contributed by atoms with van der Waals surface area (Å²) in [7, 11) is 1.71. The summed E-state index contributed by atoms with van der Waals surface area (Å²) in [6.07, 6.45) is 8.31. The van der Waals surface area contributed by atoms with Crippen molar-refractivity contribution < 1.29 is 9.90 Å². The first-order valence-electron chi connectivity index (χ1n) is 11.3. The highest BCUT2D eigenvalue weighted by Crippen LogP contribution is 2.37. The molecule has 1 fully saturated rings. The molecule has 3 aromatic rings. The Labute approximate surface area is 193 Å². The zero-order valence-electron chi connectivity index (χ0n) is 19.4. The standard InChI is InChI=1S/C24H32ClN5O2/c1-14(2)15-6-8-17(9-7-15)30-12-16-10-21(18(24(3,4)32)11-20(16)27-30)26-23(31)22-19(25)13-29(5)28-22/h10-15,17,32H,6-9H2,1-5H3,(H,26,31)/t15-,17-. The van der Waals surface area contributed by atoms with Crippen molar-refractivity contribution in [3.63, 3.8) is 0 Å². The van der Waals surface area contributed by atoms with Gasteiger partial charge in [-0.25, -0.2) is 0 Å². The van der Waals surface area contributed by atoms with Gasteiger partial charge in [0, 0.05) is 36.1 Å². The number of carbonyl (C=O) groups excluding carboxylic acids is 1. The Morgan fingerprint density at radius 3 is 2.44 bits per heavy atom. The van der Waals surface area contributed by atoms with Crippen LogP contribution in [0, 0.1) is 11.8 Å². The van der Waals surface area contributed by atoms with E-state index < -0.39 is 11.5 Å². The molecule has 0 radical (unpaired) electrons. The van der Waals surface area contributed by atoms with Crippen LogP contribution in [0.2, 0.25) is 5.02 Å². The highest BCUT2D eigenvalue weighted by Gasteiger charge is 2.27. The lowest BCUT2D eigenvalue weighted by Crippen LogP contribution is -2.21.